The van der Waals surface area contributed by atoms with E-state index in [0.29, 0.717) is 6.54 Å². The van der Waals surface area contributed by atoms with Gasteiger partial charge in [0.15, 0.2) is 0 Å². The minimum absolute atomic E-state index is 0.00334. The monoisotopic (exact) mass is 271 g/mol. The van der Waals surface area contributed by atoms with Crippen molar-refractivity contribution in [1.29, 1.82) is 0 Å². The Kier molecular flexibility index (Phi) is 7.11. The summed E-state index contributed by atoms with van der Waals surface area (Å²) in [5, 5.41) is 0. The molecule has 0 saturated heterocycles. The number of hydrogen-bond acceptors (Lipinski definition) is 3. The minimum Gasteiger partial charge on any atom is -0.345 e. The van der Waals surface area contributed by atoms with Gasteiger partial charge in [0, 0.05) is 33.6 Å². The third kappa shape index (κ3) is 5.72. The molecular weight excluding hydrogens is 246 g/mol. The van der Waals surface area contributed by atoms with Crippen LogP contribution < -0.4 is 0 Å². The van der Waals surface area contributed by atoms with Crippen molar-refractivity contribution < 1.29 is 14.4 Å². The first-order valence-corrected chi connectivity index (χ1v) is 6.43. The van der Waals surface area contributed by atoms with E-state index < -0.39 is 0 Å². The molecule has 0 fully saturated rings. The van der Waals surface area contributed by atoms with Crippen molar-refractivity contribution in [2.24, 2.45) is 5.92 Å². The summed E-state index contributed by atoms with van der Waals surface area (Å²) < 4.78 is 0. The third-order valence-electron chi connectivity index (χ3n) is 2.94. The summed E-state index contributed by atoms with van der Waals surface area (Å²) in [6.45, 7) is 6.07. The van der Waals surface area contributed by atoms with Gasteiger partial charge in [0.2, 0.25) is 17.7 Å². The summed E-state index contributed by atoms with van der Waals surface area (Å²) in [6.07, 6.45) is 0. The van der Waals surface area contributed by atoms with Crippen molar-refractivity contribution in [1.82, 2.24) is 14.7 Å². The molecule has 0 aliphatic heterocycles. The molecule has 19 heavy (non-hydrogen) atoms. The number of hydrogen-bond donors (Lipinski definition) is 0. The SMILES string of the molecule is CCN(C)C(=O)CN(C)C(=O)CN(C)C(=O)C(C)C. The van der Waals surface area contributed by atoms with E-state index in [9.17, 15) is 14.4 Å². The van der Waals surface area contributed by atoms with E-state index in [2.05, 4.69) is 0 Å². The lowest BCUT2D eigenvalue weighted by atomic mass is 10.2. The van der Waals surface area contributed by atoms with Gasteiger partial charge in [-0.15, -0.1) is 0 Å². The van der Waals surface area contributed by atoms with E-state index in [-0.39, 0.29) is 36.7 Å². The van der Waals surface area contributed by atoms with Crippen LogP contribution in [0.1, 0.15) is 20.8 Å². The maximum absolute atomic E-state index is 11.9. The smallest absolute Gasteiger partial charge is 0.242 e. The van der Waals surface area contributed by atoms with Gasteiger partial charge in [-0.1, -0.05) is 13.8 Å². The Balaban J connectivity index is 4.35. The van der Waals surface area contributed by atoms with Gasteiger partial charge in [0.25, 0.3) is 0 Å². The van der Waals surface area contributed by atoms with Crippen LogP contribution in [0.3, 0.4) is 0 Å². The van der Waals surface area contributed by atoms with Crippen LogP contribution in [-0.2, 0) is 14.4 Å². The van der Waals surface area contributed by atoms with Crippen molar-refractivity contribution in [2.75, 3.05) is 40.8 Å². The molecule has 0 N–H and O–H groups in total. The second-order valence-electron chi connectivity index (χ2n) is 5.01. The molecule has 0 aliphatic carbocycles. The van der Waals surface area contributed by atoms with Crippen LogP contribution >= 0.6 is 0 Å². The molecule has 0 aromatic carbocycles. The summed E-state index contributed by atoms with van der Waals surface area (Å²) in [4.78, 5) is 39.5. The summed E-state index contributed by atoms with van der Waals surface area (Å²) in [5.41, 5.74) is 0. The topological polar surface area (TPSA) is 60.9 Å². The van der Waals surface area contributed by atoms with Crippen molar-refractivity contribution in [3.63, 3.8) is 0 Å². The fraction of sp³-hybridized carbons (Fsp3) is 0.769. The Morgan fingerprint density at radius 3 is 1.68 bits per heavy atom. The van der Waals surface area contributed by atoms with Crippen LogP contribution in [0, 0.1) is 5.92 Å². The number of likely N-dealkylation sites (N-methyl/N-ethyl adjacent to an activating group) is 3. The van der Waals surface area contributed by atoms with Crippen LogP contribution in [0.25, 0.3) is 0 Å². The Labute approximate surface area is 115 Å². The zero-order valence-corrected chi connectivity index (χ0v) is 12.8. The maximum atomic E-state index is 11.9. The number of carbonyl (C=O) groups is 3. The highest BCUT2D eigenvalue weighted by atomic mass is 16.2. The number of carbonyl (C=O) groups excluding carboxylic acids is 3. The van der Waals surface area contributed by atoms with Gasteiger partial charge in [-0.3, -0.25) is 14.4 Å². The molecule has 0 radical (unpaired) electrons. The molecule has 6 nitrogen and oxygen atoms in total. The molecule has 0 aromatic rings. The van der Waals surface area contributed by atoms with Gasteiger partial charge in [-0.25, -0.2) is 0 Å². The van der Waals surface area contributed by atoms with E-state index in [1.54, 1.807) is 39.9 Å². The zero-order valence-electron chi connectivity index (χ0n) is 12.8. The van der Waals surface area contributed by atoms with E-state index >= 15 is 0 Å². The molecule has 0 heterocycles. The average molecular weight is 271 g/mol. The fourth-order valence-electron chi connectivity index (χ4n) is 1.43. The predicted octanol–water partition coefficient (Wildman–Crippen LogP) is 0.0375. The highest BCUT2D eigenvalue weighted by molar-refractivity contribution is 5.88. The summed E-state index contributed by atoms with van der Waals surface area (Å²) in [7, 11) is 4.85. The molecule has 0 rings (SSSR count). The van der Waals surface area contributed by atoms with Crippen molar-refractivity contribution in [3.05, 3.63) is 0 Å². The van der Waals surface area contributed by atoms with Crippen molar-refractivity contribution >= 4 is 17.7 Å². The molecule has 0 unspecified atom stereocenters. The molecule has 0 bridgehead atoms. The first-order valence-electron chi connectivity index (χ1n) is 6.43. The second kappa shape index (κ2) is 7.76. The Morgan fingerprint density at radius 2 is 1.26 bits per heavy atom. The van der Waals surface area contributed by atoms with Crippen LogP contribution in [0.5, 0.6) is 0 Å². The van der Waals surface area contributed by atoms with Crippen LogP contribution in [0.2, 0.25) is 0 Å². The van der Waals surface area contributed by atoms with E-state index in [4.69, 9.17) is 0 Å². The van der Waals surface area contributed by atoms with Crippen LogP contribution in [0.15, 0.2) is 0 Å². The summed E-state index contributed by atoms with van der Waals surface area (Å²) >= 11 is 0. The minimum atomic E-state index is -0.241. The molecule has 0 aromatic heterocycles. The number of nitrogens with zero attached hydrogens (tertiary/aromatic N) is 3. The molecule has 0 saturated carbocycles. The second-order valence-corrected chi connectivity index (χ2v) is 5.01. The first-order chi connectivity index (χ1) is 8.70. The van der Waals surface area contributed by atoms with Crippen LogP contribution in [-0.4, -0.2) is 73.2 Å². The fourth-order valence-corrected chi connectivity index (χ4v) is 1.43. The molecular formula is C13H25N3O3. The summed E-state index contributed by atoms with van der Waals surface area (Å²) in [5.74, 6) is -0.583. The largest absolute Gasteiger partial charge is 0.345 e. The number of rotatable bonds is 6. The Morgan fingerprint density at radius 1 is 0.842 bits per heavy atom. The predicted molar refractivity (Wildman–Crippen MR) is 73.4 cm³/mol. The molecule has 110 valence electrons. The van der Waals surface area contributed by atoms with E-state index in [1.165, 1.54) is 9.80 Å². The van der Waals surface area contributed by atoms with Gasteiger partial charge in [0.1, 0.15) is 0 Å². The molecule has 3 amide bonds. The Hall–Kier alpha value is -1.59. The van der Waals surface area contributed by atoms with Gasteiger partial charge >= 0.3 is 0 Å². The standard InChI is InChI=1S/C13H25N3O3/c1-7-14(4)11(17)8-15(5)12(18)9-16(6)13(19)10(2)3/h10H,7-9H2,1-6H3. The van der Waals surface area contributed by atoms with Gasteiger partial charge in [-0.05, 0) is 6.92 Å². The van der Waals surface area contributed by atoms with Crippen LogP contribution in [0.4, 0.5) is 0 Å². The number of amides is 3. The maximum Gasteiger partial charge on any atom is 0.242 e. The molecule has 0 aliphatic rings. The lowest BCUT2D eigenvalue weighted by molar-refractivity contribution is -0.143. The Bertz CT molecular complexity index is 342. The van der Waals surface area contributed by atoms with E-state index in [1.807, 2.05) is 6.92 Å². The van der Waals surface area contributed by atoms with Crippen molar-refractivity contribution in [2.45, 2.75) is 20.8 Å². The average Bonchev–Trinajstić information content (AvgIpc) is 2.35. The first kappa shape index (κ1) is 17.4. The normalized spacial score (nSPS) is 10.3. The van der Waals surface area contributed by atoms with Gasteiger partial charge < -0.3 is 14.7 Å². The quantitative estimate of drug-likeness (QED) is 0.685. The van der Waals surface area contributed by atoms with Gasteiger partial charge in [0.05, 0.1) is 13.1 Å². The molecule has 6 heteroatoms. The lowest BCUT2D eigenvalue weighted by Crippen LogP contribution is -2.44. The highest BCUT2D eigenvalue weighted by Crippen LogP contribution is 2.00. The molecule has 0 atom stereocenters. The van der Waals surface area contributed by atoms with Gasteiger partial charge in [-0.2, -0.15) is 0 Å². The third-order valence-corrected chi connectivity index (χ3v) is 2.94. The molecule has 0 spiro atoms. The van der Waals surface area contributed by atoms with E-state index in [0.717, 1.165) is 0 Å². The zero-order chi connectivity index (χ0) is 15.2. The van der Waals surface area contributed by atoms with Crippen molar-refractivity contribution in [3.8, 4) is 0 Å². The lowest BCUT2D eigenvalue weighted by Gasteiger charge is -2.24. The highest BCUT2D eigenvalue weighted by Gasteiger charge is 2.20. The summed E-state index contributed by atoms with van der Waals surface area (Å²) in [6, 6.07) is 0.